The van der Waals surface area contributed by atoms with Gasteiger partial charge < -0.3 is 14.8 Å². The number of hydrogen-bond donors (Lipinski definition) is 1. The summed E-state index contributed by atoms with van der Waals surface area (Å²) < 4.78 is 11.5. The van der Waals surface area contributed by atoms with Crippen molar-refractivity contribution >= 4 is 5.91 Å². The fourth-order valence-corrected chi connectivity index (χ4v) is 3.83. The molecule has 2 aromatic rings. The quantitative estimate of drug-likeness (QED) is 0.917. The molecular formula is C22H25NO3. The van der Waals surface area contributed by atoms with Gasteiger partial charge in [0.25, 0.3) is 5.91 Å². The first-order chi connectivity index (χ1) is 12.7. The summed E-state index contributed by atoms with van der Waals surface area (Å²) in [4.78, 5) is 12.6. The smallest absolute Gasteiger partial charge is 0.251 e. The fourth-order valence-electron chi connectivity index (χ4n) is 3.83. The molecule has 136 valence electrons. The summed E-state index contributed by atoms with van der Waals surface area (Å²) in [6, 6.07) is 16.4. The molecule has 2 aliphatic rings. The Hall–Kier alpha value is -2.17. The third kappa shape index (κ3) is 3.81. The summed E-state index contributed by atoms with van der Waals surface area (Å²) in [6.45, 7) is 3.42. The number of aryl methyl sites for hydroxylation is 1. The van der Waals surface area contributed by atoms with Crippen LogP contribution in [0, 0.1) is 6.92 Å². The average molecular weight is 351 g/mol. The minimum absolute atomic E-state index is 0.0133. The van der Waals surface area contributed by atoms with Crippen molar-refractivity contribution in [3.05, 3.63) is 59.7 Å². The number of benzene rings is 2. The standard InChI is InChI=1S/C22H25NO3/c1-15-2-4-16(5-3-15)17-6-8-18(9-7-17)22(24)23-19-10-11-20-21(14-19)26-13-12-25-20/h2-9,19-21H,10-14H2,1H3,(H,23,24). The third-order valence-corrected chi connectivity index (χ3v) is 5.35. The van der Waals surface area contributed by atoms with Crippen LogP contribution in [-0.4, -0.2) is 37.4 Å². The van der Waals surface area contributed by atoms with Crippen molar-refractivity contribution in [1.82, 2.24) is 5.32 Å². The lowest BCUT2D eigenvalue weighted by atomic mass is 9.89. The molecular weight excluding hydrogens is 326 g/mol. The van der Waals surface area contributed by atoms with Gasteiger partial charge in [0.05, 0.1) is 25.4 Å². The van der Waals surface area contributed by atoms with Gasteiger partial charge in [-0.3, -0.25) is 4.79 Å². The van der Waals surface area contributed by atoms with Crippen LogP contribution in [0.2, 0.25) is 0 Å². The number of carbonyl (C=O) groups is 1. The van der Waals surface area contributed by atoms with E-state index in [1.807, 2.05) is 24.3 Å². The van der Waals surface area contributed by atoms with Crippen molar-refractivity contribution in [2.45, 2.75) is 44.4 Å². The summed E-state index contributed by atoms with van der Waals surface area (Å²) in [5, 5.41) is 3.16. The molecule has 1 saturated heterocycles. The molecule has 26 heavy (non-hydrogen) atoms. The van der Waals surface area contributed by atoms with E-state index >= 15 is 0 Å². The molecule has 2 aromatic carbocycles. The van der Waals surface area contributed by atoms with Gasteiger partial charge in [-0.25, -0.2) is 0 Å². The van der Waals surface area contributed by atoms with E-state index in [1.54, 1.807) is 0 Å². The maximum atomic E-state index is 12.6. The topological polar surface area (TPSA) is 47.6 Å². The molecule has 0 bridgehead atoms. The van der Waals surface area contributed by atoms with Gasteiger partial charge >= 0.3 is 0 Å². The molecule has 2 fully saturated rings. The van der Waals surface area contributed by atoms with Gasteiger partial charge in [-0.05, 0) is 49.4 Å². The molecule has 1 saturated carbocycles. The Kier molecular flexibility index (Phi) is 5.05. The predicted molar refractivity (Wildman–Crippen MR) is 101 cm³/mol. The number of nitrogens with one attached hydrogen (secondary N) is 1. The van der Waals surface area contributed by atoms with Crippen molar-refractivity contribution in [2.24, 2.45) is 0 Å². The lowest BCUT2D eigenvalue weighted by Gasteiger charge is -2.39. The summed E-state index contributed by atoms with van der Waals surface area (Å²) >= 11 is 0. The molecule has 4 rings (SSSR count). The van der Waals surface area contributed by atoms with Gasteiger partial charge in [0.1, 0.15) is 0 Å². The molecule has 4 nitrogen and oxygen atoms in total. The van der Waals surface area contributed by atoms with Gasteiger partial charge in [-0.1, -0.05) is 42.0 Å². The highest BCUT2D eigenvalue weighted by Gasteiger charge is 2.34. The lowest BCUT2D eigenvalue weighted by Crippen LogP contribution is -2.49. The van der Waals surface area contributed by atoms with Crippen LogP contribution in [-0.2, 0) is 9.47 Å². The molecule has 0 aromatic heterocycles. The van der Waals surface area contributed by atoms with Crippen LogP contribution in [0.3, 0.4) is 0 Å². The highest BCUT2D eigenvalue weighted by atomic mass is 16.6. The van der Waals surface area contributed by atoms with E-state index in [9.17, 15) is 4.79 Å². The first kappa shape index (κ1) is 17.3. The summed E-state index contributed by atoms with van der Waals surface area (Å²) in [7, 11) is 0. The zero-order valence-corrected chi connectivity index (χ0v) is 15.1. The Morgan fingerprint density at radius 3 is 2.19 bits per heavy atom. The lowest BCUT2D eigenvalue weighted by molar-refractivity contribution is -0.157. The van der Waals surface area contributed by atoms with Crippen LogP contribution in [0.25, 0.3) is 11.1 Å². The number of hydrogen-bond acceptors (Lipinski definition) is 3. The van der Waals surface area contributed by atoms with Gasteiger partial charge in [0.15, 0.2) is 0 Å². The Labute approximate surface area is 154 Å². The number of amides is 1. The van der Waals surface area contributed by atoms with E-state index in [1.165, 1.54) is 5.56 Å². The van der Waals surface area contributed by atoms with Crippen LogP contribution in [0.4, 0.5) is 0 Å². The number of carbonyl (C=O) groups excluding carboxylic acids is 1. The monoisotopic (exact) mass is 351 g/mol. The fraction of sp³-hybridized carbons (Fsp3) is 0.409. The summed E-state index contributed by atoms with van der Waals surface area (Å²) in [5.74, 6) is -0.0133. The molecule has 1 aliphatic carbocycles. The second-order valence-corrected chi connectivity index (χ2v) is 7.25. The first-order valence-electron chi connectivity index (χ1n) is 9.40. The molecule has 0 spiro atoms. The van der Waals surface area contributed by atoms with Crippen molar-refractivity contribution < 1.29 is 14.3 Å². The number of fused-ring (bicyclic) bond motifs is 1. The Morgan fingerprint density at radius 1 is 0.885 bits per heavy atom. The van der Waals surface area contributed by atoms with Gasteiger partial charge in [0.2, 0.25) is 0 Å². The van der Waals surface area contributed by atoms with Crippen LogP contribution in [0.1, 0.15) is 35.2 Å². The molecule has 1 N–H and O–H groups in total. The molecule has 1 aliphatic heterocycles. The van der Waals surface area contributed by atoms with E-state index in [-0.39, 0.29) is 24.2 Å². The highest BCUT2D eigenvalue weighted by Crippen LogP contribution is 2.27. The minimum atomic E-state index is -0.0133. The predicted octanol–water partition coefficient (Wildman–Crippen LogP) is 3.73. The van der Waals surface area contributed by atoms with E-state index < -0.39 is 0 Å². The normalized spacial score (nSPS) is 25.3. The zero-order valence-electron chi connectivity index (χ0n) is 15.1. The molecule has 1 heterocycles. The summed E-state index contributed by atoms with van der Waals surface area (Å²) in [5.41, 5.74) is 4.22. The highest BCUT2D eigenvalue weighted by molar-refractivity contribution is 5.94. The van der Waals surface area contributed by atoms with Gasteiger partial charge in [-0.15, -0.1) is 0 Å². The Bertz CT molecular complexity index is 754. The van der Waals surface area contributed by atoms with Crippen molar-refractivity contribution in [2.75, 3.05) is 13.2 Å². The van der Waals surface area contributed by atoms with Crippen molar-refractivity contribution in [1.29, 1.82) is 0 Å². The second kappa shape index (κ2) is 7.60. The maximum Gasteiger partial charge on any atom is 0.251 e. The largest absolute Gasteiger partial charge is 0.373 e. The number of rotatable bonds is 3. The maximum absolute atomic E-state index is 12.6. The van der Waals surface area contributed by atoms with Gasteiger partial charge in [-0.2, -0.15) is 0 Å². The van der Waals surface area contributed by atoms with E-state index in [2.05, 4.69) is 36.5 Å². The van der Waals surface area contributed by atoms with Crippen LogP contribution in [0.5, 0.6) is 0 Å². The molecule has 1 amide bonds. The second-order valence-electron chi connectivity index (χ2n) is 7.25. The van der Waals surface area contributed by atoms with E-state index in [4.69, 9.17) is 9.47 Å². The summed E-state index contributed by atoms with van der Waals surface area (Å²) in [6.07, 6.45) is 3.04. The third-order valence-electron chi connectivity index (χ3n) is 5.35. The van der Waals surface area contributed by atoms with Crippen molar-refractivity contribution in [3.63, 3.8) is 0 Å². The SMILES string of the molecule is Cc1ccc(-c2ccc(C(=O)NC3CCC4OCCOC4C3)cc2)cc1. The zero-order chi connectivity index (χ0) is 17.9. The molecule has 0 radical (unpaired) electrons. The van der Waals surface area contributed by atoms with Crippen LogP contribution < -0.4 is 5.32 Å². The molecule has 4 heteroatoms. The average Bonchev–Trinajstić information content (AvgIpc) is 2.68. The van der Waals surface area contributed by atoms with Gasteiger partial charge in [0, 0.05) is 11.6 Å². The van der Waals surface area contributed by atoms with Crippen molar-refractivity contribution in [3.8, 4) is 11.1 Å². The minimum Gasteiger partial charge on any atom is -0.373 e. The molecule has 3 unspecified atom stereocenters. The molecule has 3 atom stereocenters. The number of ether oxygens (including phenoxy) is 2. The van der Waals surface area contributed by atoms with Crippen LogP contribution >= 0.6 is 0 Å². The van der Waals surface area contributed by atoms with E-state index in [0.29, 0.717) is 18.8 Å². The first-order valence-corrected chi connectivity index (χ1v) is 9.40. The van der Waals surface area contributed by atoms with E-state index in [0.717, 1.165) is 30.4 Å². The Morgan fingerprint density at radius 2 is 1.50 bits per heavy atom. The Balaban J connectivity index is 1.38. The van der Waals surface area contributed by atoms with Crippen LogP contribution in [0.15, 0.2) is 48.5 Å².